The Kier molecular flexibility index (Phi) is 9.89. The Bertz CT molecular complexity index is 1390. The van der Waals surface area contributed by atoms with Crippen LogP contribution in [0.3, 0.4) is 0 Å². The van der Waals surface area contributed by atoms with Gasteiger partial charge in [0.15, 0.2) is 8.32 Å². The Hall–Kier alpha value is -3.40. The molecule has 0 N–H and O–H groups in total. The summed E-state index contributed by atoms with van der Waals surface area (Å²) in [4.78, 5) is 57.7. The standard InChI is InChI=1S/C30H42N4O6Si/c1-29(2,3)41(6,7)40-18-11-10-15-30(26(36)25(32-31)27(37)39-5)16-12-17-34(28(30)38)24(35)19-21-20-33(4)23-14-9-8-13-22(21)23/h8-9,13-14,20H,10-12,15-19H2,1-7H3/t30-/m1/s1. The highest BCUT2D eigenvalue weighted by atomic mass is 28.4. The van der Waals surface area contributed by atoms with Gasteiger partial charge in [0, 0.05) is 37.3 Å². The number of ketones is 1. The molecule has 222 valence electrons. The van der Waals surface area contributed by atoms with Crippen LogP contribution in [0.2, 0.25) is 18.1 Å². The summed E-state index contributed by atoms with van der Waals surface area (Å²) >= 11 is 0. The second-order valence-electron chi connectivity index (χ2n) is 12.3. The lowest BCUT2D eigenvalue weighted by Gasteiger charge is -2.39. The molecule has 10 nitrogen and oxygen atoms in total. The maximum atomic E-state index is 14.0. The number of esters is 1. The maximum Gasteiger partial charge on any atom is 0.442 e. The van der Waals surface area contributed by atoms with Crippen molar-refractivity contribution in [2.75, 3.05) is 20.3 Å². The number of para-hydroxylation sites is 1. The van der Waals surface area contributed by atoms with E-state index in [0.717, 1.165) is 28.5 Å². The molecule has 0 spiro atoms. The zero-order valence-corrected chi connectivity index (χ0v) is 26.3. The second-order valence-corrected chi connectivity index (χ2v) is 17.1. The smallest absolute Gasteiger partial charge is 0.442 e. The third-order valence-electron chi connectivity index (χ3n) is 8.66. The lowest BCUT2D eigenvalue weighted by atomic mass is 9.70. The highest BCUT2D eigenvalue weighted by Crippen LogP contribution is 2.39. The topological polar surface area (TPSA) is 131 Å². The van der Waals surface area contributed by atoms with E-state index in [-0.39, 0.29) is 30.8 Å². The van der Waals surface area contributed by atoms with Crippen LogP contribution in [0.15, 0.2) is 30.5 Å². The number of likely N-dealkylation sites (tertiary alicyclic amines) is 1. The third-order valence-corrected chi connectivity index (χ3v) is 13.2. The molecule has 0 radical (unpaired) electrons. The van der Waals surface area contributed by atoms with Gasteiger partial charge in [-0.05, 0) is 61.9 Å². The number of nitrogens with zero attached hydrogens (tertiary/aromatic N) is 4. The van der Waals surface area contributed by atoms with Crippen LogP contribution < -0.4 is 0 Å². The number of rotatable bonds is 11. The molecule has 2 aromatic rings. The fraction of sp³-hybridized carbons (Fsp3) is 0.567. The number of methoxy groups -OCH3 is 1. The van der Waals surface area contributed by atoms with Gasteiger partial charge in [0.1, 0.15) is 5.41 Å². The molecule has 1 atom stereocenters. The van der Waals surface area contributed by atoms with Gasteiger partial charge in [-0.25, -0.2) is 4.79 Å². The van der Waals surface area contributed by atoms with Gasteiger partial charge >= 0.3 is 11.7 Å². The molecule has 0 aliphatic carbocycles. The molecule has 0 unspecified atom stereocenters. The van der Waals surface area contributed by atoms with Crippen molar-refractivity contribution >= 4 is 48.5 Å². The van der Waals surface area contributed by atoms with Crippen LogP contribution in [0.4, 0.5) is 0 Å². The fourth-order valence-electron chi connectivity index (χ4n) is 5.20. The lowest BCUT2D eigenvalue weighted by Crippen LogP contribution is -2.57. The van der Waals surface area contributed by atoms with Crippen molar-refractivity contribution in [2.24, 2.45) is 12.5 Å². The van der Waals surface area contributed by atoms with Crippen molar-refractivity contribution in [3.8, 4) is 0 Å². The largest absolute Gasteiger partial charge is 0.460 e. The summed E-state index contributed by atoms with van der Waals surface area (Å²) in [6.45, 7) is 11.4. The van der Waals surface area contributed by atoms with Crippen molar-refractivity contribution in [2.45, 2.75) is 77.4 Å². The van der Waals surface area contributed by atoms with Gasteiger partial charge in [-0.2, -0.15) is 4.79 Å². The summed E-state index contributed by atoms with van der Waals surface area (Å²) in [7, 11) is 0.981. The Morgan fingerprint density at radius 2 is 1.83 bits per heavy atom. The number of unbranched alkanes of at least 4 members (excludes halogenated alkanes) is 1. The average molecular weight is 583 g/mol. The highest BCUT2D eigenvalue weighted by Gasteiger charge is 2.56. The number of piperidine rings is 1. The quantitative estimate of drug-likeness (QED) is 0.0731. The van der Waals surface area contributed by atoms with E-state index >= 15 is 0 Å². The second kappa shape index (κ2) is 12.6. The molecular weight excluding hydrogens is 540 g/mol. The minimum absolute atomic E-state index is 0.0182. The van der Waals surface area contributed by atoms with E-state index in [9.17, 15) is 24.7 Å². The van der Waals surface area contributed by atoms with Crippen LogP contribution in [0.1, 0.15) is 58.4 Å². The van der Waals surface area contributed by atoms with E-state index in [1.807, 2.05) is 42.1 Å². The van der Waals surface area contributed by atoms with E-state index in [0.29, 0.717) is 25.9 Å². The first-order chi connectivity index (χ1) is 19.2. The molecule has 1 saturated heterocycles. The van der Waals surface area contributed by atoms with Crippen LogP contribution in [0, 0.1) is 5.41 Å². The van der Waals surface area contributed by atoms with E-state index < -0.39 is 43.0 Å². The van der Waals surface area contributed by atoms with Crippen molar-refractivity contribution in [1.29, 1.82) is 0 Å². The predicted octanol–water partition coefficient (Wildman–Crippen LogP) is 4.46. The highest BCUT2D eigenvalue weighted by molar-refractivity contribution is 6.74. The van der Waals surface area contributed by atoms with Crippen LogP contribution in [-0.4, -0.2) is 72.1 Å². The van der Waals surface area contributed by atoms with Gasteiger partial charge in [0.25, 0.3) is 5.78 Å². The molecule has 2 amide bonds. The van der Waals surface area contributed by atoms with Crippen LogP contribution in [0.5, 0.6) is 0 Å². The van der Waals surface area contributed by atoms with Crippen molar-refractivity contribution in [3.05, 3.63) is 41.6 Å². The molecule has 3 rings (SSSR count). The number of carbonyl (C=O) groups excluding carboxylic acids is 4. The monoisotopic (exact) mass is 582 g/mol. The van der Waals surface area contributed by atoms with Crippen LogP contribution >= 0.6 is 0 Å². The number of benzene rings is 1. The first kappa shape index (κ1) is 32.1. The van der Waals surface area contributed by atoms with E-state index in [2.05, 4.69) is 43.4 Å². The van der Waals surface area contributed by atoms with Gasteiger partial charge < -0.3 is 19.3 Å². The van der Waals surface area contributed by atoms with Crippen molar-refractivity contribution < 1.29 is 33.1 Å². The van der Waals surface area contributed by atoms with E-state index in [1.165, 1.54) is 0 Å². The molecule has 1 aliphatic heterocycles. The summed E-state index contributed by atoms with van der Waals surface area (Å²) in [5.74, 6) is -3.16. The number of hydrogen-bond donors (Lipinski definition) is 0. The van der Waals surface area contributed by atoms with Crippen LogP contribution in [-0.2, 0) is 41.8 Å². The molecular formula is C30H42N4O6Si. The first-order valence-corrected chi connectivity index (χ1v) is 17.0. The number of aryl methyl sites for hydroxylation is 1. The lowest BCUT2D eigenvalue weighted by molar-refractivity contribution is -0.159. The van der Waals surface area contributed by atoms with Crippen molar-refractivity contribution in [3.63, 3.8) is 0 Å². The number of ether oxygens (including phenoxy) is 1. The molecule has 1 aromatic carbocycles. The minimum Gasteiger partial charge on any atom is -0.460 e. The SMILES string of the molecule is COC(=O)C(=[N+]=[N-])C(=O)[C@@]1(CCCCO[Si](C)(C)C(C)(C)C)CCCN(C(=O)Cc2cn(C)c3ccccc23)C1=O. The molecule has 1 fully saturated rings. The maximum absolute atomic E-state index is 14.0. The molecule has 11 heteroatoms. The molecule has 2 heterocycles. The number of amides is 2. The molecule has 41 heavy (non-hydrogen) atoms. The fourth-order valence-corrected chi connectivity index (χ4v) is 6.29. The summed E-state index contributed by atoms with van der Waals surface area (Å²) in [6.07, 6.45) is 3.46. The number of carbonyl (C=O) groups is 4. The Labute approximate surface area is 242 Å². The Morgan fingerprint density at radius 1 is 1.15 bits per heavy atom. The van der Waals surface area contributed by atoms with Gasteiger partial charge in [-0.1, -0.05) is 39.0 Å². The molecule has 1 aliphatic rings. The number of imide groups is 1. The van der Waals surface area contributed by atoms with Gasteiger partial charge in [0.05, 0.1) is 13.5 Å². The summed E-state index contributed by atoms with van der Waals surface area (Å²) < 4.78 is 12.8. The molecule has 0 saturated carbocycles. The predicted molar refractivity (Wildman–Crippen MR) is 158 cm³/mol. The zero-order chi connectivity index (χ0) is 30.6. The van der Waals surface area contributed by atoms with Crippen LogP contribution in [0.25, 0.3) is 16.4 Å². The number of hydrogen-bond acceptors (Lipinski definition) is 6. The first-order valence-electron chi connectivity index (χ1n) is 14.1. The Balaban J connectivity index is 1.86. The summed E-state index contributed by atoms with van der Waals surface area (Å²) in [5.41, 5.74) is 8.71. The van der Waals surface area contributed by atoms with E-state index in [4.69, 9.17) is 4.43 Å². The molecule has 0 bridgehead atoms. The normalized spacial score (nSPS) is 17.8. The number of Topliss-reactive ketones (excluding diaryl/α,β-unsaturated/α-hetero) is 1. The van der Waals surface area contributed by atoms with Gasteiger partial charge in [-0.15, -0.1) is 0 Å². The van der Waals surface area contributed by atoms with Gasteiger partial charge in [0.2, 0.25) is 11.8 Å². The van der Waals surface area contributed by atoms with E-state index in [1.54, 1.807) is 0 Å². The average Bonchev–Trinajstić information content (AvgIpc) is 3.23. The zero-order valence-electron chi connectivity index (χ0n) is 25.3. The summed E-state index contributed by atoms with van der Waals surface area (Å²) in [6, 6.07) is 7.69. The number of aromatic nitrogens is 1. The number of fused-ring (bicyclic) bond motifs is 1. The third kappa shape index (κ3) is 6.58. The molecule has 1 aromatic heterocycles. The summed E-state index contributed by atoms with van der Waals surface area (Å²) in [5, 5.41) is 0.957. The van der Waals surface area contributed by atoms with Gasteiger partial charge in [-0.3, -0.25) is 19.3 Å². The minimum atomic E-state index is -1.97. The Morgan fingerprint density at radius 3 is 2.46 bits per heavy atom. The van der Waals surface area contributed by atoms with Crippen molar-refractivity contribution in [1.82, 2.24) is 9.47 Å².